The molecule has 0 aliphatic heterocycles. The normalized spacial score (nSPS) is 11.2. The second kappa shape index (κ2) is 5.30. The molecule has 0 spiro atoms. The lowest BCUT2D eigenvalue weighted by molar-refractivity contribution is 0.322. The first-order valence-electron chi connectivity index (χ1n) is 6.01. The van der Waals surface area contributed by atoms with Crippen LogP contribution in [0.5, 0.6) is 5.75 Å². The second-order valence-corrected chi connectivity index (χ2v) is 5.18. The first kappa shape index (κ1) is 12.6. The summed E-state index contributed by atoms with van der Waals surface area (Å²) in [4.78, 5) is 5.53. The lowest BCUT2D eigenvalue weighted by Crippen LogP contribution is -1.86. The summed E-state index contributed by atoms with van der Waals surface area (Å²) < 4.78 is 5.20. The highest BCUT2D eigenvalue weighted by Gasteiger charge is 2.05. The van der Waals surface area contributed by atoms with Gasteiger partial charge in [0.2, 0.25) is 0 Å². The van der Waals surface area contributed by atoms with Gasteiger partial charge in [-0.25, -0.2) is 4.98 Å². The van der Waals surface area contributed by atoms with Crippen molar-refractivity contribution in [3.63, 3.8) is 0 Å². The number of fused-ring (bicyclic) bond motifs is 1. The minimum Gasteiger partial charge on any atom is -0.497 e. The Morgan fingerprint density at radius 1 is 1.25 bits per heavy atom. The molecule has 0 saturated heterocycles. The maximum Gasteiger partial charge on any atom is 0.119 e. The number of oxime groups is 1. The number of benzene rings is 1. The molecule has 0 unspecified atom stereocenters. The van der Waals surface area contributed by atoms with E-state index in [2.05, 4.69) is 10.1 Å². The van der Waals surface area contributed by atoms with Crippen LogP contribution >= 0.6 is 11.3 Å². The van der Waals surface area contributed by atoms with Crippen molar-refractivity contribution in [3.8, 4) is 17.0 Å². The summed E-state index contributed by atoms with van der Waals surface area (Å²) in [5.41, 5.74) is 2.84. The molecule has 0 aliphatic carbocycles. The van der Waals surface area contributed by atoms with Gasteiger partial charge in [0.15, 0.2) is 0 Å². The van der Waals surface area contributed by atoms with Crippen LogP contribution in [0, 0.1) is 0 Å². The van der Waals surface area contributed by atoms with Crippen molar-refractivity contribution in [1.82, 2.24) is 4.98 Å². The standard InChI is InChI=1S/C15H12N2O2S/c1-19-12-3-5-14-10(6-12)2-4-15(17-14)11-7-13(8-16-18)20-9-11/h2-9,18H,1H3/b16-8+. The second-order valence-electron chi connectivity index (χ2n) is 4.24. The predicted molar refractivity (Wildman–Crippen MR) is 81.0 cm³/mol. The van der Waals surface area contributed by atoms with E-state index in [0.717, 1.165) is 32.8 Å². The van der Waals surface area contributed by atoms with Gasteiger partial charge < -0.3 is 9.94 Å². The third kappa shape index (κ3) is 2.35. The summed E-state index contributed by atoms with van der Waals surface area (Å²) in [5.74, 6) is 0.823. The highest BCUT2D eigenvalue weighted by Crippen LogP contribution is 2.26. The number of methoxy groups -OCH3 is 1. The van der Waals surface area contributed by atoms with Gasteiger partial charge in [-0.1, -0.05) is 11.2 Å². The Hall–Kier alpha value is -2.40. The summed E-state index contributed by atoms with van der Waals surface area (Å²) in [6, 6.07) is 11.8. The van der Waals surface area contributed by atoms with Crippen LogP contribution in [0.25, 0.3) is 22.2 Å². The van der Waals surface area contributed by atoms with E-state index in [9.17, 15) is 0 Å². The van der Waals surface area contributed by atoms with Gasteiger partial charge in [0.05, 0.1) is 24.5 Å². The SMILES string of the molecule is COc1ccc2nc(-c3csc(/C=N/O)c3)ccc2c1. The molecule has 0 atom stereocenters. The number of pyridine rings is 1. The zero-order valence-electron chi connectivity index (χ0n) is 10.8. The molecule has 0 saturated carbocycles. The lowest BCUT2D eigenvalue weighted by atomic mass is 10.1. The molecule has 20 heavy (non-hydrogen) atoms. The quantitative estimate of drug-likeness (QED) is 0.452. The molecule has 0 aliphatic rings. The Bertz CT molecular complexity index is 780. The zero-order valence-corrected chi connectivity index (χ0v) is 11.6. The van der Waals surface area contributed by atoms with Crippen LogP contribution in [0.1, 0.15) is 4.88 Å². The smallest absolute Gasteiger partial charge is 0.119 e. The van der Waals surface area contributed by atoms with E-state index in [1.165, 1.54) is 17.6 Å². The number of nitrogens with zero attached hydrogens (tertiary/aromatic N) is 2. The molecular formula is C15H12N2O2S. The molecule has 3 aromatic rings. The Balaban J connectivity index is 2.03. The van der Waals surface area contributed by atoms with Crippen LogP contribution in [-0.2, 0) is 0 Å². The molecular weight excluding hydrogens is 272 g/mol. The molecule has 2 aromatic heterocycles. The third-order valence-corrected chi connectivity index (χ3v) is 3.86. The lowest BCUT2D eigenvalue weighted by Gasteiger charge is -2.03. The van der Waals surface area contributed by atoms with Crippen LogP contribution in [0.3, 0.4) is 0 Å². The molecule has 5 heteroatoms. The summed E-state index contributed by atoms with van der Waals surface area (Å²) in [5, 5.41) is 14.6. The van der Waals surface area contributed by atoms with Crippen molar-refractivity contribution in [1.29, 1.82) is 0 Å². The van der Waals surface area contributed by atoms with Crippen LogP contribution in [-0.4, -0.2) is 23.5 Å². The largest absolute Gasteiger partial charge is 0.497 e. The topological polar surface area (TPSA) is 54.7 Å². The Morgan fingerprint density at radius 2 is 2.15 bits per heavy atom. The Morgan fingerprint density at radius 3 is 2.95 bits per heavy atom. The molecule has 2 heterocycles. The number of rotatable bonds is 3. The van der Waals surface area contributed by atoms with E-state index in [0.29, 0.717) is 0 Å². The van der Waals surface area contributed by atoms with Crippen molar-refractivity contribution in [3.05, 3.63) is 46.7 Å². The number of hydrogen-bond donors (Lipinski definition) is 1. The molecule has 4 nitrogen and oxygen atoms in total. The molecule has 0 fully saturated rings. The molecule has 0 amide bonds. The summed E-state index contributed by atoms with van der Waals surface area (Å²) in [6.45, 7) is 0. The van der Waals surface area contributed by atoms with Crippen molar-refractivity contribution >= 4 is 28.5 Å². The summed E-state index contributed by atoms with van der Waals surface area (Å²) >= 11 is 1.51. The van der Waals surface area contributed by atoms with Crippen LogP contribution in [0.4, 0.5) is 0 Å². The minimum atomic E-state index is 0.823. The van der Waals surface area contributed by atoms with Crippen LogP contribution in [0.2, 0.25) is 0 Å². The fourth-order valence-electron chi connectivity index (χ4n) is 2.00. The van der Waals surface area contributed by atoms with Gasteiger partial charge in [-0.2, -0.15) is 0 Å². The van der Waals surface area contributed by atoms with E-state index in [1.54, 1.807) is 7.11 Å². The number of hydrogen-bond acceptors (Lipinski definition) is 5. The van der Waals surface area contributed by atoms with Gasteiger partial charge in [0, 0.05) is 21.2 Å². The van der Waals surface area contributed by atoms with Crippen LogP contribution in [0.15, 0.2) is 46.9 Å². The summed E-state index contributed by atoms with van der Waals surface area (Å²) in [6.07, 6.45) is 1.42. The molecule has 0 bridgehead atoms. The minimum absolute atomic E-state index is 0.823. The molecule has 3 rings (SSSR count). The third-order valence-electron chi connectivity index (χ3n) is 3.00. The molecule has 1 aromatic carbocycles. The van der Waals surface area contributed by atoms with Gasteiger partial charge in [0.1, 0.15) is 5.75 Å². The Labute approximate surface area is 120 Å². The summed E-state index contributed by atoms with van der Waals surface area (Å²) in [7, 11) is 1.65. The fourth-order valence-corrected chi connectivity index (χ4v) is 2.76. The monoisotopic (exact) mass is 284 g/mol. The van der Waals surface area contributed by atoms with E-state index >= 15 is 0 Å². The first-order valence-corrected chi connectivity index (χ1v) is 6.89. The zero-order chi connectivity index (χ0) is 13.9. The average molecular weight is 284 g/mol. The highest BCUT2D eigenvalue weighted by atomic mass is 32.1. The fraction of sp³-hybridized carbons (Fsp3) is 0.0667. The van der Waals surface area contributed by atoms with Gasteiger partial charge >= 0.3 is 0 Å². The molecule has 100 valence electrons. The predicted octanol–water partition coefficient (Wildman–Crippen LogP) is 3.78. The van der Waals surface area contributed by atoms with Crippen molar-refractivity contribution in [2.24, 2.45) is 5.16 Å². The first-order chi connectivity index (χ1) is 9.80. The highest BCUT2D eigenvalue weighted by molar-refractivity contribution is 7.12. The number of ether oxygens (including phenoxy) is 1. The van der Waals surface area contributed by atoms with E-state index in [4.69, 9.17) is 9.94 Å². The van der Waals surface area contributed by atoms with Crippen molar-refractivity contribution in [2.75, 3.05) is 7.11 Å². The van der Waals surface area contributed by atoms with Crippen LogP contribution < -0.4 is 4.74 Å². The van der Waals surface area contributed by atoms with Crippen molar-refractivity contribution in [2.45, 2.75) is 0 Å². The molecule has 0 radical (unpaired) electrons. The van der Waals surface area contributed by atoms with E-state index < -0.39 is 0 Å². The van der Waals surface area contributed by atoms with Gasteiger partial charge in [0.25, 0.3) is 0 Å². The van der Waals surface area contributed by atoms with E-state index in [1.807, 2.05) is 41.8 Å². The number of thiophene rings is 1. The van der Waals surface area contributed by atoms with Gasteiger partial charge in [-0.3, -0.25) is 0 Å². The maximum absolute atomic E-state index is 8.54. The Kier molecular flexibility index (Phi) is 3.35. The average Bonchev–Trinajstić information content (AvgIpc) is 2.95. The van der Waals surface area contributed by atoms with Crippen molar-refractivity contribution < 1.29 is 9.94 Å². The maximum atomic E-state index is 8.54. The molecule has 1 N–H and O–H groups in total. The van der Waals surface area contributed by atoms with E-state index in [-0.39, 0.29) is 0 Å². The number of aromatic nitrogens is 1. The van der Waals surface area contributed by atoms with Gasteiger partial charge in [-0.15, -0.1) is 11.3 Å². The van der Waals surface area contributed by atoms with Gasteiger partial charge in [-0.05, 0) is 30.3 Å².